The molecule has 1 amide bonds. The molecule has 0 unspecified atom stereocenters. The van der Waals surface area contributed by atoms with Gasteiger partial charge >= 0.3 is 6.09 Å². The molecule has 0 bridgehead atoms. The van der Waals surface area contributed by atoms with Crippen LogP contribution in [0.4, 0.5) is 10.5 Å². The highest BCUT2D eigenvalue weighted by molar-refractivity contribution is 5.84. The van der Waals surface area contributed by atoms with Crippen molar-refractivity contribution in [3.63, 3.8) is 0 Å². The molecule has 1 aliphatic carbocycles. The van der Waals surface area contributed by atoms with E-state index < -0.39 is 24.4 Å². The minimum atomic E-state index is -0.593. The molecular weight excluding hydrogens is 442 g/mol. The van der Waals surface area contributed by atoms with Gasteiger partial charge in [-0.2, -0.15) is 0 Å². The van der Waals surface area contributed by atoms with E-state index in [4.69, 9.17) is 4.74 Å². The van der Waals surface area contributed by atoms with Crippen LogP contribution in [0.5, 0.6) is 0 Å². The third-order valence-corrected chi connectivity index (χ3v) is 7.00. The van der Waals surface area contributed by atoms with Crippen LogP contribution in [0.1, 0.15) is 72.1 Å². The molecule has 196 valence electrons. The number of aliphatic hydroxyl groups is 3. The number of carbonyl (C=O) groups excluding carboxylic acids is 1. The number of anilines is 1. The number of carbonyl (C=O) groups is 1. The third-order valence-electron chi connectivity index (χ3n) is 7.00. The minimum absolute atomic E-state index is 0.0616. The zero-order chi connectivity index (χ0) is 25.7. The van der Waals surface area contributed by atoms with Gasteiger partial charge in [-0.1, -0.05) is 76.1 Å². The Bertz CT molecular complexity index is 792. The molecule has 0 aliphatic heterocycles. The van der Waals surface area contributed by atoms with E-state index in [-0.39, 0.29) is 17.3 Å². The maximum absolute atomic E-state index is 11.8. The average molecular weight is 488 g/mol. The van der Waals surface area contributed by atoms with Gasteiger partial charge in [0.15, 0.2) is 0 Å². The summed E-state index contributed by atoms with van der Waals surface area (Å²) in [5.74, 6) is -0.226. The Balaban J connectivity index is 1.70. The van der Waals surface area contributed by atoms with Crippen LogP contribution in [0.25, 0.3) is 0 Å². The van der Waals surface area contributed by atoms with Crippen molar-refractivity contribution in [3.05, 3.63) is 54.6 Å². The molecule has 1 aliphatic rings. The lowest BCUT2D eigenvalue weighted by atomic mass is 9.80. The molecule has 1 aromatic carbocycles. The topological polar surface area (TPSA) is 99.0 Å². The number of rotatable bonds is 14. The number of benzene rings is 1. The van der Waals surface area contributed by atoms with Gasteiger partial charge in [0.25, 0.3) is 0 Å². The van der Waals surface area contributed by atoms with Gasteiger partial charge in [-0.15, -0.1) is 0 Å². The second-order valence-corrected chi connectivity index (χ2v) is 10.4. The van der Waals surface area contributed by atoms with Crippen LogP contribution >= 0.6 is 0 Å². The van der Waals surface area contributed by atoms with E-state index in [1.54, 1.807) is 0 Å². The monoisotopic (exact) mass is 487 g/mol. The summed E-state index contributed by atoms with van der Waals surface area (Å²) in [6.45, 7) is 6.65. The Kier molecular flexibility index (Phi) is 12.5. The number of unbranched alkanes of at least 4 members (excludes halogenated alkanes) is 3. The zero-order valence-electron chi connectivity index (χ0n) is 21.6. The van der Waals surface area contributed by atoms with Gasteiger partial charge in [-0.05, 0) is 55.6 Å². The number of amides is 1. The summed E-state index contributed by atoms with van der Waals surface area (Å²) in [5.41, 5.74) is 0.498. The maximum atomic E-state index is 11.8. The zero-order valence-corrected chi connectivity index (χ0v) is 21.6. The molecule has 35 heavy (non-hydrogen) atoms. The second kappa shape index (κ2) is 15.1. The van der Waals surface area contributed by atoms with Gasteiger partial charge in [0, 0.05) is 18.0 Å². The number of nitrogens with one attached hydrogen (secondary N) is 1. The van der Waals surface area contributed by atoms with Crippen molar-refractivity contribution in [2.45, 2.75) is 90.4 Å². The van der Waals surface area contributed by atoms with Crippen LogP contribution < -0.4 is 5.32 Å². The molecule has 1 aromatic rings. The maximum Gasteiger partial charge on any atom is 0.411 e. The molecule has 6 nitrogen and oxygen atoms in total. The molecule has 1 fully saturated rings. The van der Waals surface area contributed by atoms with E-state index in [0.717, 1.165) is 38.5 Å². The molecule has 5 atom stereocenters. The Labute approximate surface area is 211 Å². The summed E-state index contributed by atoms with van der Waals surface area (Å²) >= 11 is 0. The fourth-order valence-corrected chi connectivity index (χ4v) is 4.56. The Morgan fingerprint density at radius 2 is 1.89 bits per heavy atom. The summed E-state index contributed by atoms with van der Waals surface area (Å²) in [5, 5.41) is 34.3. The second-order valence-electron chi connectivity index (χ2n) is 10.4. The third kappa shape index (κ3) is 10.2. The van der Waals surface area contributed by atoms with Crippen molar-refractivity contribution < 1.29 is 24.9 Å². The van der Waals surface area contributed by atoms with E-state index in [2.05, 4.69) is 38.2 Å². The van der Waals surface area contributed by atoms with Gasteiger partial charge in [0.05, 0.1) is 24.9 Å². The number of para-hydroxylation sites is 1. The summed E-state index contributed by atoms with van der Waals surface area (Å²) in [7, 11) is 0. The smallest absolute Gasteiger partial charge is 0.411 e. The first kappa shape index (κ1) is 29.1. The lowest BCUT2D eigenvalue weighted by Crippen LogP contribution is -2.28. The predicted octanol–water partition coefficient (Wildman–Crippen LogP) is 5.84. The normalized spacial score (nSPS) is 23.7. The molecule has 0 spiro atoms. The van der Waals surface area contributed by atoms with Crippen molar-refractivity contribution in [2.24, 2.45) is 17.3 Å². The van der Waals surface area contributed by atoms with Gasteiger partial charge in [0.2, 0.25) is 0 Å². The van der Waals surface area contributed by atoms with Crippen LogP contribution in [-0.2, 0) is 4.74 Å². The van der Waals surface area contributed by atoms with E-state index in [1.165, 1.54) is 0 Å². The van der Waals surface area contributed by atoms with Crippen molar-refractivity contribution in [3.8, 4) is 0 Å². The van der Waals surface area contributed by atoms with E-state index in [9.17, 15) is 20.1 Å². The molecule has 0 radical (unpaired) electrons. The lowest BCUT2D eigenvalue weighted by Gasteiger charge is -2.29. The number of aliphatic hydroxyl groups excluding tert-OH is 3. The molecule has 1 saturated carbocycles. The number of hydrogen-bond donors (Lipinski definition) is 4. The Morgan fingerprint density at radius 3 is 2.60 bits per heavy atom. The SMILES string of the molecule is CCCCC(C)(C)[C@H](O)C=C[C@@H]1[C@@H](CC=CCCCCOC(=O)Nc2ccccc2)[C@@H](O)C[C@H]1O. The number of allylic oxidation sites excluding steroid dienone is 2. The van der Waals surface area contributed by atoms with Crippen LogP contribution in [0.15, 0.2) is 54.6 Å². The molecular formula is C29H45NO5. The first-order valence-corrected chi connectivity index (χ1v) is 13.1. The number of hydrogen-bond acceptors (Lipinski definition) is 5. The summed E-state index contributed by atoms with van der Waals surface area (Å²) in [4.78, 5) is 11.8. The molecule has 6 heteroatoms. The summed E-state index contributed by atoms with van der Waals surface area (Å²) in [6, 6.07) is 9.21. The molecule has 2 rings (SSSR count). The predicted molar refractivity (Wildman–Crippen MR) is 141 cm³/mol. The largest absolute Gasteiger partial charge is 0.449 e. The highest BCUT2D eigenvalue weighted by Gasteiger charge is 2.39. The van der Waals surface area contributed by atoms with Crippen LogP contribution in [-0.4, -0.2) is 46.3 Å². The standard InChI is InChI=1S/C29H45NO5/c1-4-5-19-29(2,3)27(33)18-17-24-23(25(31)21-26(24)32)16-12-7-6-8-13-20-35-28(34)30-22-14-10-9-11-15-22/h7,9-12,14-15,17-18,23-27,31-33H,4-6,8,13,16,19-21H2,1-3H3,(H,30,34)/t23-,24-,25+,26-,27-/m1/s1. The van der Waals surface area contributed by atoms with Gasteiger partial charge in [0.1, 0.15) is 0 Å². The van der Waals surface area contributed by atoms with E-state index in [0.29, 0.717) is 25.1 Å². The van der Waals surface area contributed by atoms with Gasteiger partial charge in [-0.25, -0.2) is 4.79 Å². The van der Waals surface area contributed by atoms with Crippen LogP contribution in [0.3, 0.4) is 0 Å². The fourth-order valence-electron chi connectivity index (χ4n) is 4.56. The van der Waals surface area contributed by atoms with Crippen LogP contribution in [0, 0.1) is 17.3 Å². The quantitative estimate of drug-likeness (QED) is 0.195. The van der Waals surface area contributed by atoms with Crippen molar-refractivity contribution >= 4 is 11.8 Å². The average Bonchev–Trinajstić information content (AvgIpc) is 3.10. The molecule has 4 N–H and O–H groups in total. The Hall–Kier alpha value is -2.15. The number of ether oxygens (including phenoxy) is 1. The molecule has 0 heterocycles. The first-order chi connectivity index (χ1) is 16.7. The summed E-state index contributed by atoms with van der Waals surface area (Å²) < 4.78 is 5.20. The Morgan fingerprint density at radius 1 is 1.14 bits per heavy atom. The van der Waals surface area contributed by atoms with Gasteiger partial charge in [-0.3, -0.25) is 5.32 Å². The lowest BCUT2D eigenvalue weighted by molar-refractivity contribution is 0.0796. The molecule has 0 saturated heterocycles. The first-order valence-electron chi connectivity index (χ1n) is 13.1. The fraction of sp³-hybridized carbons (Fsp3) is 0.621. The minimum Gasteiger partial charge on any atom is -0.449 e. The van der Waals surface area contributed by atoms with Crippen molar-refractivity contribution in [2.75, 3.05) is 11.9 Å². The van der Waals surface area contributed by atoms with Crippen LogP contribution in [0.2, 0.25) is 0 Å². The van der Waals surface area contributed by atoms with Crippen molar-refractivity contribution in [1.29, 1.82) is 0 Å². The highest BCUT2D eigenvalue weighted by atomic mass is 16.5. The van der Waals surface area contributed by atoms with Gasteiger partial charge < -0.3 is 20.1 Å². The molecule has 0 aromatic heterocycles. The summed E-state index contributed by atoms with van der Waals surface area (Å²) in [6.07, 6.45) is 12.4. The highest BCUT2D eigenvalue weighted by Crippen LogP contribution is 2.37. The van der Waals surface area contributed by atoms with E-state index >= 15 is 0 Å². The van der Waals surface area contributed by atoms with E-state index in [1.807, 2.05) is 42.5 Å². The van der Waals surface area contributed by atoms with Crippen molar-refractivity contribution in [1.82, 2.24) is 0 Å².